The van der Waals surface area contributed by atoms with Gasteiger partial charge in [-0.15, -0.1) is 0 Å². The lowest BCUT2D eigenvalue weighted by Crippen LogP contribution is -2.32. The van der Waals surface area contributed by atoms with Gasteiger partial charge < -0.3 is 15.1 Å². The summed E-state index contributed by atoms with van der Waals surface area (Å²) in [5.41, 5.74) is 0.934. The summed E-state index contributed by atoms with van der Waals surface area (Å²) in [4.78, 5) is 33.4. The molecule has 0 aromatic carbocycles. The molecule has 25 heavy (non-hydrogen) atoms. The van der Waals surface area contributed by atoms with Crippen molar-refractivity contribution in [3.8, 4) is 0 Å². The Kier molecular flexibility index (Phi) is 6.52. The number of nitrogens with one attached hydrogen (secondary N) is 1. The van der Waals surface area contributed by atoms with E-state index in [2.05, 4.69) is 15.2 Å². The van der Waals surface area contributed by atoms with Gasteiger partial charge in [-0.05, 0) is 53.0 Å². The van der Waals surface area contributed by atoms with Crippen molar-refractivity contribution in [2.45, 2.75) is 20.3 Å². The van der Waals surface area contributed by atoms with Crippen LogP contribution >= 0.6 is 0 Å². The molecule has 7 nitrogen and oxygen atoms in total. The van der Waals surface area contributed by atoms with Crippen LogP contribution in [0.25, 0.3) is 5.52 Å². The number of imidazole rings is 1. The van der Waals surface area contributed by atoms with Crippen LogP contribution in [0.1, 0.15) is 41.4 Å². The number of aromatic nitrogens is 2. The monoisotopic (exact) mass is 345 g/mol. The minimum absolute atomic E-state index is 0.169. The van der Waals surface area contributed by atoms with Crippen molar-refractivity contribution >= 4 is 17.3 Å². The second-order valence-electron chi connectivity index (χ2n) is 6.13. The van der Waals surface area contributed by atoms with E-state index < -0.39 is 0 Å². The number of carbonyl (C=O) groups excluding carboxylic acids is 2. The van der Waals surface area contributed by atoms with Crippen LogP contribution in [-0.2, 0) is 0 Å². The summed E-state index contributed by atoms with van der Waals surface area (Å²) in [7, 11) is 3.99. The molecule has 0 atom stereocenters. The first kappa shape index (κ1) is 18.9. The van der Waals surface area contributed by atoms with E-state index in [9.17, 15) is 9.59 Å². The average Bonchev–Trinajstić information content (AvgIpc) is 2.99. The first-order valence-corrected chi connectivity index (χ1v) is 8.68. The van der Waals surface area contributed by atoms with Gasteiger partial charge in [0.15, 0.2) is 5.69 Å². The van der Waals surface area contributed by atoms with Gasteiger partial charge >= 0.3 is 0 Å². The molecule has 2 aromatic rings. The van der Waals surface area contributed by atoms with Crippen molar-refractivity contribution in [3.05, 3.63) is 35.9 Å². The molecule has 7 heteroatoms. The molecular weight excluding hydrogens is 318 g/mol. The fourth-order valence-corrected chi connectivity index (χ4v) is 2.69. The van der Waals surface area contributed by atoms with Gasteiger partial charge in [-0.25, -0.2) is 4.98 Å². The third-order valence-electron chi connectivity index (χ3n) is 4.07. The molecule has 0 saturated heterocycles. The normalized spacial score (nSPS) is 11.1. The molecule has 0 bridgehead atoms. The number of carbonyl (C=O) groups is 2. The van der Waals surface area contributed by atoms with Crippen molar-refractivity contribution in [3.63, 3.8) is 0 Å². The lowest BCUT2D eigenvalue weighted by atomic mass is 10.3. The Hall–Kier alpha value is -2.41. The molecule has 0 spiro atoms. The first-order valence-electron chi connectivity index (χ1n) is 8.68. The molecule has 0 unspecified atom stereocenters. The smallest absolute Gasteiger partial charge is 0.290 e. The van der Waals surface area contributed by atoms with Crippen molar-refractivity contribution in [2.75, 3.05) is 40.3 Å². The fourth-order valence-electron chi connectivity index (χ4n) is 2.69. The maximum Gasteiger partial charge on any atom is 0.290 e. The van der Waals surface area contributed by atoms with E-state index in [-0.39, 0.29) is 17.6 Å². The molecule has 0 saturated carbocycles. The zero-order valence-electron chi connectivity index (χ0n) is 15.5. The highest BCUT2D eigenvalue weighted by atomic mass is 16.2. The summed E-state index contributed by atoms with van der Waals surface area (Å²) in [6.45, 7) is 6.52. The van der Waals surface area contributed by atoms with Gasteiger partial charge in [-0.1, -0.05) is 6.07 Å². The summed E-state index contributed by atoms with van der Waals surface area (Å²) in [5.74, 6) is -0.142. The molecule has 136 valence electrons. The Balaban J connectivity index is 2.26. The summed E-state index contributed by atoms with van der Waals surface area (Å²) < 4.78 is 1.69. The van der Waals surface area contributed by atoms with Gasteiger partial charge in [0.2, 0.25) is 5.82 Å². The molecular formula is C18H27N5O2. The van der Waals surface area contributed by atoms with Crippen LogP contribution in [0.5, 0.6) is 0 Å². The van der Waals surface area contributed by atoms with Crippen LogP contribution in [0.2, 0.25) is 0 Å². The second kappa shape index (κ2) is 8.62. The molecule has 0 aliphatic rings. The predicted molar refractivity (Wildman–Crippen MR) is 97.9 cm³/mol. The maximum atomic E-state index is 12.7. The molecule has 0 aliphatic carbocycles. The van der Waals surface area contributed by atoms with Gasteiger partial charge in [0.05, 0.1) is 5.52 Å². The summed E-state index contributed by atoms with van der Waals surface area (Å²) in [5, 5.41) is 2.89. The quantitative estimate of drug-likeness (QED) is 0.736. The van der Waals surface area contributed by atoms with E-state index in [4.69, 9.17) is 0 Å². The molecule has 0 radical (unpaired) electrons. The Morgan fingerprint density at radius 3 is 2.56 bits per heavy atom. The summed E-state index contributed by atoms with van der Waals surface area (Å²) in [6.07, 6.45) is 2.62. The maximum absolute atomic E-state index is 12.7. The van der Waals surface area contributed by atoms with Gasteiger partial charge in [-0.2, -0.15) is 0 Å². The van der Waals surface area contributed by atoms with Crippen LogP contribution in [0.15, 0.2) is 24.4 Å². The molecule has 2 heterocycles. The number of pyridine rings is 1. The van der Waals surface area contributed by atoms with E-state index in [1.54, 1.807) is 21.6 Å². The van der Waals surface area contributed by atoms with E-state index in [0.29, 0.717) is 30.8 Å². The van der Waals surface area contributed by atoms with Gasteiger partial charge in [0, 0.05) is 25.8 Å². The molecule has 0 aliphatic heterocycles. The van der Waals surface area contributed by atoms with E-state index in [0.717, 1.165) is 13.0 Å². The highest BCUT2D eigenvalue weighted by Crippen LogP contribution is 2.15. The molecule has 1 N–H and O–H groups in total. The van der Waals surface area contributed by atoms with Crippen LogP contribution in [0.4, 0.5) is 0 Å². The van der Waals surface area contributed by atoms with Crippen molar-refractivity contribution in [1.29, 1.82) is 0 Å². The SMILES string of the molecule is CCN(CC)C(=O)c1nc(C(=O)NCCCN(C)C)c2ccccn12. The molecule has 2 rings (SSSR count). The van der Waals surface area contributed by atoms with Gasteiger partial charge in [0.25, 0.3) is 11.8 Å². The number of hydrogen-bond acceptors (Lipinski definition) is 4. The number of hydrogen-bond donors (Lipinski definition) is 1. The van der Waals surface area contributed by atoms with Crippen LogP contribution in [0.3, 0.4) is 0 Å². The largest absolute Gasteiger partial charge is 0.351 e. The lowest BCUT2D eigenvalue weighted by Gasteiger charge is -2.17. The number of nitrogens with zero attached hydrogens (tertiary/aromatic N) is 4. The Bertz CT molecular complexity index is 734. The Morgan fingerprint density at radius 2 is 1.92 bits per heavy atom. The van der Waals surface area contributed by atoms with E-state index >= 15 is 0 Å². The zero-order chi connectivity index (χ0) is 18.4. The zero-order valence-corrected chi connectivity index (χ0v) is 15.5. The highest BCUT2D eigenvalue weighted by molar-refractivity contribution is 6.02. The van der Waals surface area contributed by atoms with Crippen molar-refractivity contribution < 1.29 is 9.59 Å². The molecule has 0 fully saturated rings. The first-order chi connectivity index (χ1) is 12.0. The van der Waals surface area contributed by atoms with E-state index in [1.165, 1.54) is 0 Å². The van der Waals surface area contributed by atoms with Gasteiger partial charge in [-0.3, -0.25) is 14.0 Å². The lowest BCUT2D eigenvalue weighted by molar-refractivity contribution is 0.0760. The standard InChI is InChI=1S/C18H27N5O2/c1-5-22(6-2)18(25)16-20-15(14-10-7-8-13-23(14)16)17(24)19-11-9-12-21(3)4/h7-8,10,13H,5-6,9,11-12H2,1-4H3,(H,19,24). The molecule has 2 aromatic heterocycles. The summed E-state index contributed by atoms with van der Waals surface area (Å²) in [6, 6.07) is 5.47. The Morgan fingerprint density at radius 1 is 1.20 bits per heavy atom. The summed E-state index contributed by atoms with van der Waals surface area (Å²) >= 11 is 0. The Labute approximate surface area is 148 Å². The number of rotatable bonds is 8. The minimum Gasteiger partial charge on any atom is -0.351 e. The highest BCUT2D eigenvalue weighted by Gasteiger charge is 2.23. The van der Waals surface area contributed by atoms with E-state index in [1.807, 2.05) is 40.1 Å². The number of fused-ring (bicyclic) bond motifs is 1. The van der Waals surface area contributed by atoms with Crippen LogP contribution in [-0.4, -0.2) is 71.3 Å². The van der Waals surface area contributed by atoms with Crippen molar-refractivity contribution in [1.82, 2.24) is 24.5 Å². The predicted octanol–water partition coefficient (Wildman–Crippen LogP) is 1.50. The van der Waals surface area contributed by atoms with Crippen LogP contribution in [0, 0.1) is 0 Å². The van der Waals surface area contributed by atoms with Crippen LogP contribution < -0.4 is 5.32 Å². The topological polar surface area (TPSA) is 70.0 Å². The minimum atomic E-state index is -0.249. The molecule has 2 amide bonds. The fraction of sp³-hybridized carbons (Fsp3) is 0.500. The third kappa shape index (κ3) is 4.36. The second-order valence-corrected chi connectivity index (χ2v) is 6.13. The number of amides is 2. The average molecular weight is 345 g/mol. The van der Waals surface area contributed by atoms with Crippen molar-refractivity contribution in [2.24, 2.45) is 0 Å². The third-order valence-corrected chi connectivity index (χ3v) is 4.07. The van der Waals surface area contributed by atoms with Gasteiger partial charge in [0.1, 0.15) is 0 Å².